The SMILES string of the molecule is C#Cc1ccc([C@@H](C)n2nnc3cnc(N4CC([C@H]5CCCN(C6CC(C)(C(=O)O)C6)C5)C4)nc32)cc1. The Hall–Kier alpha value is -3.51. The number of hydrogen-bond acceptors (Lipinski definition) is 7. The summed E-state index contributed by atoms with van der Waals surface area (Å²) in [6.45, 7) is 8.03. The first-order chi connectivity index (χ1) is 17.8. The standard InChI is InChI=1S/C28H33N7O2/c1-4-19-7-9-20(10-8-19)18(2)35-25-24(31-32-35)14-29-27(30-25)34-16-22(17-34)21-6-5-11-33(15-21)23-12-28(3,13-23)26(36)37/h1,7-10,14,18,21-23H,5-6,11-13,15-17H2,2-3H3,(H,36,37)/t18-,21+,23?,28?/m1/s1. The predicted molar refractivity (Wildman–Crippen MR) is 140 cm³/mol. The minimum Gasteiger partial charge on any atom is -0.481 e. The Labute approximate surface area is 216 Å². The summed E-state index contributed by atoms with van der Waals surface area (Å²) in [5.74, 6) is 3.98. The smallest absolute Gasteiger partial charge is 0.309 e. The van der Waals surface area contributed by atoms with Crippen LogP contribution in [0.5, 0.6) is 0 Å². The highest BCUT2D eigenvalue weighted by Crippen LogP contribution is 2.45. The van der Waals surface area contributed by atoms with Gasteiger partial charge in [-0.3, -0.25) is 4.79 Å². The van der Waals surface area contributed by atoms with E-state index in [4.69, 9.17) is 11.4 Å². The van der Waals surface area contributed by atoms with Crippen LogP contribution in [-0.2, 0) is 4.79 Å². The van der Waals surface area contributed by atoms with Gasteiger partial charge in [-0.15, -0.1) is 11.5 Å². The van der Waals surface area contributed by atoms with Gasteiger partial charge in [0.25, 0.3) is 0 Å². The lowest BCUT2D eigenvalue weighted by Gasteiger charge is -2.52. The van der Waals surface area contributed by atoms with Gasteiger partial charge in [0.05, 0.1) is 17.7 Å². The number of aromatic nitrogens is 5. The predicted octanol–water partition coefficient (Wildman–Crippen LogP) is 3.21. The normalized spacial score (nSPS) is 27.3. The monoisotopic (exact) mass is 499 g/mol. The Balaban J connectivity index is 1.10. The molecule has 0 spiro atoms. The number of fused-ring (bicyclic) bond motifs is 1. The van der Waals surface area contributed by atoms with Gasteiger partial charge >= 0.3 is 5.97 Å². The van der Waals surface area contributed by atoms with E-state index in [0.717, 1.165) is 61.7 Å². The molecule has 6 rings (SSSR count). The number of benzene rings is 1. The van der Waals surface area contributed by atoms with Crippen molar-refractivity contribution < 1.29 is 9.90 Å². The largest absolute Gasteiger partial charge is 0.481 e. The first-order valence-corrected chi connectivity index (χ1v) is 13.2. The van der Waals surface area contributed by atoms with E-state index in [1.54, 1.807) is 6.20 Å². The third kappa shape index (κ3) is 4.23. The van der Waals surface area contributed by atoms with E-state index in [9.17, 15) is 9.90 Å². The Morgan fingerprint density at radius 1 is 1.19 bits per heavy atom. The molecule has 37 heavy (non-hydrogen) atoms. The van der Waals surface area contributed by atoms with Gasteiger partial charge in [-0.2, -0.15) is 4.98 Å². The quantitative estimate of drug-likeness (QED) is 0.516. The first kappa shape index (κ1) is 23.9. The summed E-state index contributed by atoms with van der Waals surface area (Å²) in [5.41, 5.74) is 2.82. The van der Waals surface area contributed by atoms with Crippen LogP contribution >= 0.6 is 0 Å². The minimum absolute atomic E-state index is 0.0357. The number of rotatable bonds is 6. The highest BCUT2D eigenvalue weighted by atomic mass is 16.4. The van der Waals surface area contributed by atoms with Gasteiger partial charge in [-0.05, 0) is 75.6 Å². The van der Waals surface area contributed by atoms with Crippen LogP contribution in [0.2, 0.25) is 0 Å². The van der Waals surface area contributed by atoms with E-state index < -0.39 is 11.4 Å². The molecule has 2 atom stereocenters. The highest BCUT2D eigenvalue weighted by Gasteiger charge is 2.49. The molecule has 3 fully saturated rings. The van der Waals surface area contributed by atoms with Gasteiger partial charge in [0.2, 0.25) is 5.95 Å². The van der Waals surface area contributed by atoms with Crippen molar-refractivity contribution in [3.05, 3.63) is 41.6 Å². The third-order valence-corrected chi connectivity index (χ3v) is 8.88. The molecule has 0 bridgehead atoms. The molecule has 2 aromatic heterocycles. The average molecular weight is 500 g/mol. The fourth-order valence-corrected chi connectivity index (χ4v) is 6.29. The van der Waals surface area contributed by atoms with Gasteiger partial charge in [0, 0.05) is 31.2 Å². The molecular formula is C28H33N7O2. The molecule has 0 unspecified atom stereocenters. The van der Waals surface area contributed by atoms with E-state index in [2.05, 4.69) is 37.9 Å². The molecule has 1 N–H and O–H groups in total. The summed E-state index contributed by atoms with van der Waals surface area (Å²) in [7, 11) is 0. The van der Waals surface area contributed by atoms with Gasteiger partial charge in [0.15, 0.2) is 11.2 Å². The van der Waals surface area contributed by atoms with Crippen LogP contribution < -0.4 is 4.90 Å². The van der Waals surface area contributed by atoms with Crippen molar-refractivity contribution in [2.75, 3.05) is 31.1 Å². The van der Waals surface area contributed by atoms with Gasteiger partial charge < -0.3 is 14.9 Å². The molecule has 2 aliphatic heterocycles. The number of carboxylic acid groups (broad SMARTS) is 1. The van der Waals surface area contributed by atoms with Crippen molar-refractivity contribution in [3.8, 4) is 12.3 Å². The average Bonchev–Trinajstić information content (AvgIpc) is 3.29. The number of aliphatic carboxylic acids is 1. The van der Waals surface area contributed by atoms with Crippen LogP contribution in [-0.4, -0.2) is 73.2 Å². The second kappa shape index (κ2) is 9.10. The minimum atomic E-state index is -0.656. The first-order valence-electron chi connectivity index (χ1n) is 13.2. The molecule has 2 saturated heterocycles. The third-order valence-electron chi connectivity index (χ3n) is 8.88. The Kier molecular flexibility index (Phi) is 5.87. The number of carbonyl (C=O) groups is 1. The van der Waals surface area contributed by atoms with Crippen molar-refractivity contribution in [1.29, 1.82) is 0 Å². The Morgan fingerprint density at radius 2 is 1.95 bits per heavy atom. The van der Waals surface area contributed by atoms with Crippen molar-refractivity contribution >= 4 is 23.1 Å². The Bertz CT molecular complexity index is 1350. The van der Waals surface area contributed by atoms with E-state index in [-0.39, 0.29) is 6.04 Å². The molecule has 3 aliphatic rings. The maximum absolute atomic E-state index is 11.5. The molecule has 1 aromatic carbocycles. The lowest BCUT2D eigenvalue weighted by atomic mass is 9.65. The number of carboxylic acids is 1. The van der Waals surface area contributed by atoms with Crippen molar-refractivity contribution in [2.45, 2.75) is 51.6 Å². The fourth-order valence-electron chi connectivity index (χ4n) is 6.29. The van der Waals surface area contributed by atoms with Crippen molar-refractivity contribution in [1.82, 2.24) is 29.9 Å². The number of piperidine rings is 1. The maximum Gasteiger partial charge on any atom is 0.309 e. The van der Waals surface area contributed by atoms with E-state index in [1.807, 2.05) is 35.9 Å². The number of likely N-dealkylation sites (tertiary alicyclic amines) is 1. The molecule has 4 heterocycles. The number of terminal acetylenes is 1. The maximum atomic E-state index is 11.5. The van der Waals surface area contributed by atoms with E-state index in [1.165, 1.54) is 12.8 Å². The zero-order valence-corrected chi connectivity index (χ0v) is 21.4. The summed E-state index contributed by atoms with van der Waals surface area (Å²) >= 11 is 0. The lowest BCUT2D eigenvalue weighted by Crippen LogP contribution is -2.58. The molecule has 9 nitrogen and oxygen atoms in total. The second-order valence-corrected chi connectivity index (χ2v) is 11.3. The van der Waals surface area contributed by atoms with E-state index >= 15 is 0 Å². The van der Waals surface area contributed by atoms with Gasteiger partial charge in [0.1, 0.15) is 0 Å². The lowest BCUT2D eigenvalue weighted by molar-refractivity contribution is -0.158. The summed E-state index contributed by atoms with van der Waals surface area (Å²) in [5, 5.41) is 18.1. The zero-order chi connectivity index (χ0) is 25.7. The molecule has 0 amide bonds. The molecule has 9 heteroatoms. The molecule has 0 radical (unpaired) electrons. The number of hydrogen-bond donors (Lipinski definition) is 1. The second-order valence-electron chi connectivity index (χ2n) is 11.3. The molecular weight excluding hydrogens is 466 g/mol. The molecule has 1 aliphatic carbocycles. The zero-order valence-electron chi connectivity index (χ0n) is 21.4. The molecule has 3 aromatic rings. The van der Waals surface area contributed by atoms with Crippen LogP contribution in [0.4, 0.5) is 5.95 Å². The van der Waals surface area contributed by atoms with Crippen LogP contribution in [0, 0.1) is 29.6 Å². The molecule has 1 saturated carbocycles. The number of anilines is 1. The van der Waals surface area contributed by atoms with E-state index in [0.29, 0.717) is 23.4 Å². The van der Waals surface area contributed by atoms with Crippen LogP contribution in [0.1, 0.15) is 56.7 Å². The van der Waals surface area contributed by atoms with Gasteiger partial charge in [-0.1, -0.05) is 23.3 Å². The fraction of sp³-hybridized carbons (Fsp3) is 0.536. The molecule has 192 valence electrons. The summed E-state index contributed by atoms with van der Waals surface area (Å²) in [6.07, 6.45) is 11.2. The highest BCUT2D eigenvalue weighted by molar-refractivity contribution is 5.75. The van der Waals surface area contributed by atoms with Crippen LogP contribution in [0.15, 0.2) is 30.5 Å². The topological polar surface area (TPSA) is 100 Å². The van der Waals surface area contributed by atoms with Crippen LogP contribution in [0.3, 0.4) is 0 Å². The summed E-state index contributed by atoms with van der Waals surface area (Å²) in [6, 6.07) is 8.31. The van der Waals surface area contributed by atoms with Crippen molar-refractivity contribution in [2.24, 2.45) is 17.3 Å². The van der Waals surface area contributed by atoms with Crippen molar-refractivity contribution in [3.63, 3.8) is 0 Å². The number of nitrogens with zero attached hydrogens (tertiary/aromatic N) is 7. The Morgan fingerprint density at radius 3 is 2.65 bits per heavy atom. The summed E-state index contributed by atoms with van der Waals surface area (Å²) < 4.78 is 1.85. The van der Waals surface area contributed by atoms with Crippen LogP contribution in [0.25, 0.3) is 11.2 Å². The summed E-state index contributed by atoms with van der Waals surface area (Å²) in [4.78, 5) is 25.7. The van der Waals surface area contributed by atoms with Gasteiger partial charge in [-0.25, -0.2) is 9.67 Å².